The molecule has 54 heavy (non-hydrogen) atoms. The number of rotatable bonds is 13. The summed E-state index contributed by atoms with van der Waals surface area (Å²) >= 11 is -1.04. The molecule has 6 N–H and O–H groups in total. The Hall–Kier alpha value is -4.01. The summed E-state index contributed by atoms with van der Waals surface area (Å²) in [5, 5.41) is 24.4. The normalized spacial score (nSPS) is 24.6. The van der Waals surface area contributed by atoms with Crippen molar-refractivity contribution in [2.24, 2.45) is 11.7 Å². The number of primary amides is 1. The molecule has 16 nitrogen and oxygen atoms in total. The number of amides is 4. The fourth-order valence-electron chi connectivity index (χ4n) is 7.53. The number of halogens is 2. The zero-order chi connectivity index (χ0) is 39.6. The van der Waals surface area contributed by atoms with E-state index in [1.807, 2.05) is 0 Å². The minimum absolute atomic E-state index is 0.0281. The summed E-state index contributed by atoms with van der Waals surface area (Å²) in [6.07, 6.45) is 5.77. The number of hydrogen-bond donors (Lipinski definition) is 5. The minimum Gasteiger partial charge on any atom is -0.384 e. The minimum atomic E-state index is -4.91. The van der Waals surface area contributed by atoms with Crippen LogP contribution >= 0.6 is 0 Å². The Bertz CT molecular complexity index is 1840. The van der Waals surface area contributed by atoms with Crippen molar-refractivity contribution in [3.8, 4) is 0 Å². The molecule has 3 fully saturated rings. The summed E-state index contributed by atoms with van der Waals surface area (Å²) < 4.78 is 61.7. The lowest BCUT2D eigenvalue weighted by Crippen LogP contribution is -2.64. The number of ketones is 1. The third-order valence-electron chi connectivity index (χ3n) is 10.5. The van der Waals surface area contributed by atoms with Crippen LogP contribution in [0.1, 0.15) is 93.7 Å². The van der Waals surface area contributed by atoms with E-state index in [0.29, 0.717) is 5.69 Å². The average molecular weight is 799 g/mol. The first-order chi connectivity index (χ1) is 25.3. The van der Waals surface area contributed by atoms with Crippen LogP contribution in [-0.2, 0) is 45.8 Å². The van der Waals surface area contributed by atoms with Crippen LogP contribution in [0.5, 0.6) is 0 Å². The molecule has 2 saturated heterocycles. The first-order valence-corrected chi connectivity index (χ1v) is 20.8. The highest BCUT2D eigenvalue weighted by Gasteiger charge is 2.52. The number of carbonyl (C=O) groups is 5. The number of hydrogen-bond acceptors (Lipinski definition) is 11. The summed E-state index contributed by atoms with van der Waals surface area (Å²) in [6.45, 7) is 2.91. The van der Waals surface area contributed by atoms with Gasteiger partial charge in [0.05, 0.1) is 22.8 Å². The molecule has 2 aliphatic heterocycles. The highest BCUT2D eigenvalue weighted by Crippen LogP contribution is 2.35. The van der Waals surface area contributed by atoms with Gasteiger partial charge < -0.3 is 26.4 Å². The van der Waals surface area contributed by atoms with Gasteiger partial charge in [0.1, 0.15) is 45.9 Å². The summed E-state index contributed by atoms with van der Waals surface area (Å²) in [5.74, 6) is -7.86. The summed E-state index contributed by atoms with van der Waals surface area (Å²) in [5.41, 5.74) is 2.47. The Kier molecular flexibility index (Phi) is 12.5. The molecule has 1 aromatic heterocycles. The standard InChI is InChI=1S/C34H45F2N7O9S2/c1-33(2,49)26-18-38-41-43(26)22-17-25(30(47)40-34(27(44)28(37)45)12-14-53(50)15-13-34)42(19-22)31(48)24(16-20-6-4-3-5-7-20)39-29(46)21-8-10-23(11-9-21)54(51,52)32(35)36/h8-11,18,20,22,24-25,32,49-50H,3-7,12-17,19H2,1-2H3,(H3-,37,39,40,45,46,47)/p+1/t22-,24+,25-,34?,53?/m0/s1. The fraction of sp³-hybridized carbons (Fsp3) is 0.618. The van der Waals surface area contributed by atoms with Crippen molar-refractivity contribution < 1.29 is 50.8 Å². The fourth-order valence-corrected chi connectivity index (χ4v) is 9.62. The SMILES string of the molecule is CC(C)(O)c1cnnn1[C@H]1C[C@@H](C(=O)NC2(C(=O)C(N)=O)CC[S+](O)CC2)N(C(=O)[C@@H](CC2CCCCC2)NC(=O)c2ccc(S(=O)(=O)C(F)F)cc2)C1. The quantitative estimate of drug-likeness (QED) is 0.142. The molecule has 3 heterocycles. The molecule has 296 valence electrons. The van der Waals surface area contributed by atoms with Crippen LogP contribution in [-0.4, -0.2) is 109 Å². The van der Waals surface area contributed by atoms with Crippen molar-refractivity contribution in [1.29, 1.82) is 0 Å². The molecule has 1 aromatic carbocycles. The molecule has 0 unspecified atom stereocenters. The molecular weight excluding hydrogens is 753 g/mol. The van der Waals surface area contributed by atoms with Crippen LogP contribution in [0.2, 0.25) is 0 Å². The Labute approximate surface area is 314 Å². The zero-order valence-corrected chi connectivity index (χ0v) is 31.6. The largest absolute Gasteiger partial charge is 0.384 e. The van der Waals surface area contributed by atoms with E-state index < -0.39 is 90.3 Å². The zero-order valence-electron chi connectivity index (χ0n) is 29.9. The van der Waals surface area contributed by atoms with E-state index in [2.05, 4.69) is 20.9 Å². The Morgan fingerprint density at radius 3 is 2.28 bits per heavy atom. The van der Waals surface area contributed by atoms with Crippen LogP contribution in [0, 0.1) is 5.92 Å². The first-order valence-electron chi connectivity index (χ1n) is 17.7. The van der Waals surface area contributed by atoms with Gasteiger partial charge in [0.25, 0.3) is 11.8 Å². The van der Waals surface area contributed by atoms with Gasteiger partial charge in [-0.2, -0.15) is 13.3 Å². The van der Waals surface area contributed by atoms with Crippen LogP contribution in [0.25, 0.3) is 0 Å². The van der Waals surface area contributed by atoms with Gasteiger partial charge in [-0.25, -0.2) is 13.1 Å². The number of carbonyl (C=O) groups excluding carboxylic acids is 5. The molecule has 0 radical (unpaired) electrons. The highest BCUT2D eigenvalue weighted by atomic mass is 32.2. The van der Waals surface area contributed by atoms with Crippen molar-refractivity contribution in [2.75, 3.05) is 18.1 Å². The second-order valence-electron chi connectivity index (χ2n) is 14.7. The van der Waals surface area contributed by atoms with Gasteiger partial charge in [0.2, 0.25) is 27.4 Å². The van der Waals surface area contributed by atoms with Crippen molar-refractivity contribution in [1.82, 2.24) is 30.5 Å². The van der Waals surface area contributed by atoms with Crippen LogP contribution in [0.4, 0.5) is 8.78 Å². The Morgan fingerprint density at radius 2 is 1.70 bits per heavy atom. The second-order valence-corrected chi connectivity index (χ2v) is 18.4. The number of alkyl halides is 2. The molecule has 1 saturated carbocycles. The van der Waals surface area contributed by atoms with E-state index in [1.165, 1.54) is 29.6 Å². The molecule has 2 aromatic rings. The maximum Gasteiger partial charge on any atom is 0.341 e. The maximum atomic E-state index is 14.7. The predicted octanol–water partition coefficient (Wildman–Crippen LogP) is 1.21. The Morgan fingerprint density at radius 1 is 1.07 bits per heavy atom. The number of nitrogens with zero attached hydrogens (tertiary/aromatic N) is 4. The van der Waals surface area contributed by atoms with Crippen molar-refractivity contribution in [2.45, 2.75) is 112 Å². The van der Waals surface area contributed by atoms with E-state index >= 15 is 0 Å². The lowest BCUT2D eigenvalue weighted by molar-refractivity contribution is -0.145. The molecule has 3 aliphatic rings. The highest BCUT2D eigenvalue weighted by molar-refractivity contribution is 7.91. The number of nitrogens with two attached hydrogens (primary N) is 1. The number of nitrogens with one attached hydrogen (secondary N) is 2. The number of benzene rings is 1. The molecule has 4 amide bonds. The van der Waals surface area contributed by atoms with Gasteiger partial charge >= 0.3 is 5.76 Å². The molecule has 5 rings (SSSR count). The third kappa shape index (κ3) is 8.92. The van der Waals surface area contributed by atoms with E-state index in [-0.39, 0.29) is 55.2 Å². The monoisotopic (exact) mass is 798 g/mol. The van der Waals surface area contributed by atoms with Crippen molar-refractivity contribution >= 4 is 50.4 Å². The van der Waals surface area contributed by atoms with E-state index in [0.717, 1.165) is 56.4 Å². The average Bonchev–Trinajstić information content (AvgIpc) is 3.81. The number of sulfone groups is 1. The van der Waals surface area contributed by atoms with Gasteiger partial charge in [-0.15, -0.1) is 5.10 Å². The molecule has 1 aliphatic carbocycles. The predicted molar refractivity (Wildman–Crippen MR) is 191 cm³/mol. The van der Waals surface area contributed by atoms with Gasteiger partial charge in [0, 0.05) is 31.4 Å². The van der Waals surface area contributed by atoms with Crippen LogP contribution in [0.15, 0.2) is 35.4 Å². The van der Waals surface area contributed by atoms with Crippen molar-refractivity contribution in [3.63, 3.8) is 0 Å². The van der Waals surface area contributed by atoms with Crippen molar-refractivity contribution in [3.05, 3.63) is 41.7 Å². The lowest BCUT2D eigenvalue weighted by Gasteiger charge is -2.36. The number of aliphatic hydroxyl groups is 1. The molecule has 0 spiro atoms. The van der Waals surface area contributed by atoms with E-state index in [4.69, 9.17) is 5.73 Å². The first kappa shape index (κ1) is 41.2. The molecular formula is C34H46F2N7O9S2+. The maximum absolute atomic E-state index is 14.7. The second kappa shape index (κ2) is 16.4. The lowest BCUT2D eigenvalue weighted by atomic mass is 9.84. The van der Waals surface area contributed by atoms with Crippen LogP contribution in [0.3, 0.4) is 0 Å². The summed E-state index contributed by atoms with van der Waals surface area (Å²) in [4.78, 5) is 68.5. The van der Waals surface area contributed by atoms with Crippen LogP contribution < -0.4 is 16.4 Å². The Balaban J connectivity index is 1.48. The summed E-state index contributed by atoms with van der Waals surface area (Å²) in [6, 6.07) is 0.719. The number of Topliss-reactive ketones (excluding diaryl/α,β-unsaturated/α-hetero) is 1. The van der Waals surface area contributed by atoms with Gasteiger partial charge in [-0.05, 0) is 50.5 Å². The van der Waals surface area contributed by atoms with Gasteiger partial charge in [-0.1, -0.05) is 37.3 Å². The third-order valence-corrected chi connectivity index (χ3v) is 13.3. The number of likely N-dealkylation sites (tertiary alicyclic amines) is 1. The van der Waals surface area contributed by atoms with Gasteiger partial charge in [-0.3, -0.25) is 24.0 Å². The van der Waals surface area contributed by atoms with Gasteiger partial charge in [0.15, 0.2) is 0 Å². The van der Waals surface area contributed by atoms with E-state index in [9.17, 15) is 50.8 Å². The number of aromatic nitrogens is 3. The molecule has 20 heteroatoms. The summed E-state index contributed by atoms with van der Waals surface area (Å²) in [7, 11) is -4.91. The van der Waals surface area contributed by atoms with E-state index in [1.54, 1.807) is 0 Å². The molecule has 0 bridgehead atoms. The molecule has 3 atom stereocenters. The topological polar surface area (TPSA) is 244 Å². The smallest absolute Gasteiger partial charge is 0.341 e.